The molecule has 0 unspecified atom stereocenters. The average molecular weight is 561 g/mol. The molecule has 0 saturated heterocycles. The highest BCUT2D eigenvalue weighted by Crippen LogP contribution is 2.52. The maximum absolute atomic E-state index is 11.8. The fraction of sp³-hybridized carbons (Fsp3) is 0.758. The molecule has 0 saturated carbocycles. The third kappa shape index (κ3) is 7.78. The van der Waals surface area contributed by atoms with Crippen LogP contribution in [0.25, 0.3) is 0 Å². The Labute approximate surface area is 238 Å². The van der Waals surface area contributed by atoms with Gasteiger partial charge < -0.3 is 14.0 Å². The van der Waals surface area contributed by atoms with Crippen molar-refractivity contribution in [1.82, 2.24) is 0 Å². The van der Waals surface area contributed by atoms with Crippen LogP contribution in [0.3, 0.4) is 0 Å². The van der Waals surface area contributed by atoms with Crippen LogP contribution in [0.15, 0.2) is 23.8 Å². The molecule has 218 valence electrons. The van der Waals surface area contributed by atoms with E-state index < -0.39 is 16.6 Å². The molecule has 2 atom stereocenters. The molecular weight excluding hydrogens is 501 g/mol. The first-order valence-corrected chi connectivity index (χ1v) is 20.9. The van der Waals surface area contributed by atoms with Crippen LogP contribution >= 0.6 is 0 Å². The lowest BCUT2D eigenvalue weighted by Gasteiger charge is -2.47. The summed E-state index contributed by atoms with van der Waals surface area (Å²) in [6, 6.07) is 4.34. The largest absolute Gasteiger partial charge is 0.542 e. The minimum Gasteiger partial charge on any atom is -0.542 e. The van der Waals surface area contributed by atoms with Crippen LogP contribution in [0, 0.1) is 5.92 Å². The normalized spacial score (nSPS) is 19.4. The number of rotatable bonds is 13. The van der Waals surface area contributed by atoms with E-state index in [1.807, 2.05) is 6.07 Å². The third-order valence-electron chi connectivity index (χ3n) is 8.82. The van der Waals surface area contributed by atoms with Crippen LogP contribution in [0.1, 0.15) is 118 Å². The Morgan fingerprint density at radius 3 is 2.05 bits per heavy atom. The van der Waals surface area contributed by atoms with Crippen LogP contribution < -0.4 is 4.43 Å². The number of hydrogen-bond acceptors (Lipinski definition) is 3. The van der Waals surface area contributed by atoms with Gasteiger partial charge in [0.25, 0.3) is 8.32 Å². The Bertz CT molecular complexity index is 919. The maximum atomic E-state index is 11.8. The fourth-order valence-corrected chi connectivity index (χ4v) is 14.4. The van der Waals surface area contributed by atoms with Gasteiger partial charge in [-0.05, 0) is 106 Å². The fourth-order valence-electron chi connectivity index (χ4n) is 7.39. The van der Waals surface area contributed by atoms with E-state index in [9.17, 15) is 5.11 Å². The summed E-state index contributed by atoms with van der Waals surface area (Å²) in [6.07, 6.45) is 8.81. The lowest BCUT2D eigenvalue weighted by atomic mass is 9.69. The molecule has 2 rings (SSSR count). The van der Waals surface area contributed by atoms with Gasteiger partial charge in [0.15, 0.2) is 8.32 Å². The summed E-state index contributed by atoms with van der Waals surface area (Å²) in [5.41, 5.74) is 4.73. The number of benzene rings is 1. The molecule has 0 spiro atoms. The smallest absolute Gasteiger partial charge is 0.258 e. The van der Waals surface area contributed by atoms with Crippen molar-refractivity contribution < 1.29 is 14.0 Å². The second-order valence-electron chi connectivity index (χ2n) is 14.4. The van der Waals surface area contributed by atoms with Gasteiger partial charge in [-0.1, -0.05) is 73.0 Å². The summed E-state index contributed by atoms with van der Waals surface area (Å²) in [5, 5.41) is 11.8. The molecule has 0 aromatic heterocycles. The molecule has 1 aliphatic rings. The van der Waals surface area contributed by atoms with Crippen LogP contribution in [-0.2, 0) is 10.8 Å². The van der Waals surface area contributed by atoms with Crippen molar-refractivity contribution in [2.45, 2.75) is 156 Å². The summed E-state index contributed by atoms with van der Waals surface area (Å²) in [5.74, 6) is 1.80. The maximum Gasteiger partial charge on any atom is 0.258 e. The number of aryl methyl sites for hydroxylation is 1. The highest BCUT2D eigenvalue weighted by Gasteiger charge is 2.49. The van der Waals surface area contributed by atoms with Gasteiger partial charge in [-0.15, -0.1) is 0 Å². The highest BCUT2D eigenvalue weighted by molar-refractivity contribution is 6.78. The Morgan fingerprint density at radius 1 is 0.974 bits per heavy atom. The van der Waals surface area contributed by atoms with Crippen molar-refractivity contribution in [3.8, 4) is 11.5 Å². The number of allylic oxidation sites excluding steroid dienone is 2. The Balaban J connectivity index is 2.75. The first-order chi connectivity index (χ1) is 17.5. The first-order valence-electron chi connectivity index (χ1n) is 15.4. The number of hydrogen-bond donors (Lipinski definition) is 1. The summed E-state index contributed by atoms with van der Waals surface area (Å²) in [6.45, 7) is 29.9. The van der Waals surface area contributed by atoms with E-state index in [-0.39, 0.29) is 17.4 Å². The molecule has 0 aliphatic heterocycles. The van der Waals surface area contributed by atoms with Crippen molar-refractivity contribution >= 4 is 16.6 Å². The average Bonchev–Trinajstić information content (AvgIpc) is 2.74. The van der Waals surface area contributed by atoms with Gasteiger partial charge in [0.2, 0.25) is 0 Å². The summed E-state index contributed by atoms with van der Waals surface area (Å²) in [4.78, 5) is 0. The van der Waals surface area contributed by atoms with Gasteiger partial charge in [0, 0.05) is 11.5 Å². The van der Waals surface area contributed by atoms with Crippen LogP contribution in [0.5, 0.6) is 11.5 Å². The third-order valence-corrected chi connectivity index (χ3v) is 15.9. The zero-order valence-electron chi connectivity index (χ0n) is 27.1. The van der Waals surface area contributed by atoms with E-state index in [0.29, 0.717) is 22.4 Å². The second-order valence-corrected chi connectivity index (χ2v) is 24.2. The van der Waals surface area contributed by atoms with Crippen LogP contribution in [0.2, 0.25) is 36.3 Å². The predicted molar refractivity (Wildman–Crippen MR) is 171 cm³/mol. The topological polar surface area (TPSA) is 38.7 Å². The van der Waals surface area contributed by atoms with Gasteiger partial charge in [-0.25, -0.2) is 0 Å². The van der Waals surface area contributed by atoms with Gasteiger partial charge in [0.1, 0.15) is 11.5 Å². The number of unbranched alkanes of at least 4 members (excludes halogenated alkanes) is 2. The molecule has 1 aromatic carbocycles. The molecule has 0 fully saturated rings. The molecule has 38 heavy (non-hydrogen) atoms. The van der Waals surface area contributed by atoms with E-state index in [2.05, 4.69) is 101 Å². The minimum absolute atomic E-state index is 0.157. The van der Waals surface area contributed by atoms with Crippen molar-refractivity contribution in [2.75, 3.05) is 0 Å². The second kappa shape index (κ2) is 13.1. The summed E-state index contributed by atoms with van der Waals surface area (Å²) < 4.78 is 14.3. The molecule has 0 radical (unpaired) electrons. The van der Waals surface area contributed by atoms with Crippen LogP contribution in [0.4, 0.5) is 0 Å². The minimum atomic E-state index is -2.22. The molecule has 5 heteroatoms. The van der Waals surface area contributed by atoms with E-state index in [1.54, 1.807) is 0 Å². The first kappa shape index (κ1) is 33.2. The number of phenols is 1. The van der Waals surface area contributed by atoms with Gasteiger partial charge in [-0.2, -0.15) is 0 Å². The van der Waals surface area contributed by atoms with Crippen molar-refractivity contribution in [3.63, 3.8) is 0 Å². The monoisotopic (exact) mass is 560 g/mol. The molecule has 1 aromatic rings. The van der Waals surface area contributed by atoms with Gasteiger partial charge in [-0.3, -0.25) is 0 Å². The zero-order chi connectivity index (χ0) is 29.1. The Morgan fingerprint density at radius 2 is 1.55 bits per heavy atom. The van der Waals surface area contributed by atoms with E-state index >= 15 is 0 Å². The molecule has 0 heterocycles. The Kier molecular flexibility index (Phi) is 11.4. The highest BCUT2D eigenvalue weighted by atomic mass is 28.4. The molecule has 0 amide bonds. The molecular formula is C33H60O3Si2. The number of aromatic hydroxyl groups is 1. The van der Waals surface area contributed by atoms with Crippen molar-refractivity contribution in [3.05, 3.63) is 34.9 Å². The summed E-state index contributed by atoms with van der Waals surface area (Å²) in [7, 11) is -3.99. The summed E-state index contributed by atoms with van der Waals surface area (Å²) >= 11 is 0. The van der Waals surface area contributed by atoms with Crippen LogP contribution in [-0.4, -0.2) is 27.3 Å². The SMILES string of the molecule is CCCCCc1cc(O)c([C@@H]2CC(C)=CC[C@H]2C(C)(C)O[Si](C)(C)C)c(O[Si](C(C)C)(C(C)C)C(C)C)c1. The quantitative estimate of drug-likeness (QED) is 0.148. The van der Waals surface area contributed by atoms with Gasteiger partial charge >= 0.3 is 0 Å². The lowest BCUT2D eigenvalue weighted by molar-refractivity contribution is 0.0204. The van der Waals surface area contributed by atoms with Crippen molar-refractivity contribution in [1.29, 1.82) is 0 Å². The molecule has 1 aliphatic carbocycles. The molecule has 3 nitrogen and oxygen atoms in total. The van der Waals surface area contributed by atoms with E-state index in [4.69, 9.17) is 8.85 Å². The zero-order valence-corrected chi connectivity index (χ0v) is 29.1. The standard InChI is InChI=1S/C33H60O3Si2/c1-14-15-16-17-27-21-30(34)32(31(22-27)35-38(23(2)3,24(4)5)25(6)7)28-20-26(8)18-19-29(28)33(9,10)36-37(11,12)13/h18,21-25,28-29,34H,14-17,19-20H2,1-13H3/t28-,29-/m1/s1. The Hall–Kier alpha value is -1.05. The number of phenolic OH excluding ortho intramolecular Hbond substituents is 1. The molecule has 1 N–H and O–H groups in total. The van der Waals surface area contributed by atoms with E-state index in [1.165, 1.54) is 24.0 Å². The van der Waals surface area contributed by atoms with Gasteiger partial charge in [0.05, 0.1) is 5.60 Å². The van der Waals surface area contributed by atoms with Crippen molar-refractivity contribution in [2.24, 2.45) is 5.92 Å². The lowest BCUT2D eigenvalue weighted by Crippen LogP contribution is -2.51. The van der Waals surface area contributed by atoms with E-state index in [0.717, 1.165) is 37.0 Å². The predicted octanol–water partition coefficient (Wildman–Crippen LogP) is 10.7. The molecule has 0 bridgehead atoms.